The van der Waals surface area contributed by atoms with Gasteiger partial charge in [-0.3, -0.25) is 0 Å². The van der Waals surface area contributed by atoms with E-state index in [1.807, 2.05) is 0 Å². The average molecular weight is 182 g/mol. The van der Waals surface area contributed by atoms with Crippen LogP contribution in [0.3, 0.4) is 0 Å². The van der Waals surface area contributed by atoms with Crippen LogP contribution in [-0.2, 0) is 0 Å². The van der Waals surface area contributed by atoms with Crippen LogP contribution in [0.4, 0.5) is 0 Å². The van der Waals surface area contributed by atoms with Crippen molar-refractivity contribution in [3.05, 3.63) is 0 Å². The molecule has 2 nitrogen and oxygen atoms in total. The molecule has 0 radical (unpaired) electrons. The molecular weight excluding hydrogens is 160 g/mol. The zero-order chi connectivity index (χ0) is 10.5. The summed E-state index contributed by atoms with van der Waals surface area (Å²) in [4.78, 5) is 2.33. The molecule has 1 unspecified atom stereocenters. The summed E-state index contributed by atoms with van der Waals surface area (Å²) in [6.45, 7) is 10.0. The van der Waals surface area contributed by atoms with Crippen molar-refractivity contribution in [1.82, 2.24) is 4.90 Å². The molecule has 0 saturated heterocycles. The Hall–Kier alpha value is -0.550. The number of rotatable bonds is 4. The van der Waals surface area contributed by atoms with Gasteiger partial charge >= 0.3 is 0 Å². The lowest BCUT2D eigenvalue weighted by molar-refractivity contribution is 0.140. The molecule has 1 atom stereocenters. The Kier molecular flexibility index (Phi) is 5.02. The van der Waals surface area contributed by atoms with Gasteiger partial charge in [0.2, 0.25) is 0 Å². The fraction of sp³-hybridized carbons (Fsp3) is 0.909. The van der Waals surface area contributed by atoms with Gasteiger partial charge in [-0.1, -0.05) is 20.8 Å². The number of hydrogen-bond donors (Lipinski definition) is 0. The maximum atomic E-state index is 8.41. The van der Waals surface area contributed by atoms with E-state index in [1.165, 1.54) is 0 Å². The second-order valence-corrected chi connectivity index (χ2v) is 4.78. The summed E-state index contributed by atoms with van der Waals surface area (Å²) >= 11 is 0. The van der Waals surface area contributed by atoms with E-state index >= 15 is 0 Å². The standard InChI is InChI=1S/C11H22N2/c1-10(11(2,3)4)13(5)9-7-6-8-12/h10H,6-7,9H2,1-5H3. The molecule has 0 spiro atoms. The summed E-state index contributed by atoms with van der Waals surface area (Å²) in [5, 5.41) is 8.41. The van der Waals surface area contributed by atoms with Gasteiger partial charge in [0.05, 0.1) is 6.07 Å². The number of hydrogen-bond acceptors (Lipinski definition) is 2. The first kappa shape index (κ1) is 12.4. The highest BCUT2D eigenvalue weighted by molar-refractivity contribution is 4.78. The Balaban J connectivity index is 3.84. The molecule has 0 aliphatic carbocycles. The zero-order valence-electron chi connectivity index (χ0n) is 9.59. The Labute approximate surface area is 82.5 Å². The van der Waals surface area contributed by atoms with Gasteiger partial charge in [-0.25, -0.2) is 0 Å². The van der Waals surface area contributed by atoms with Crippen molar-refractivity contribution in [3.63, 3.8) is 0 Å². The van der Waals surface area contributed by atoms with Crippen molar-refractivity contribution in [2.24, 2.45) is 5.41 Å². The lowest BCUT2D eigenvalue weighted by atomic mass is 9.87. The minimum atomic E-state index is 0.321. The Morgan fingerprint density at radius 1 is 1.38 bits per heavy atom. The third kappa shape index (κ3) is 4.90. The van der Waals surface area contributed by atoms with E-state index in [0.717, 1.165) is 13.0 Å². The van der Waals surface area contributed by atoms with Gasteiger partial charge in [0.25, 0.3) is 0 Å². The molecule has 0 aromatic carbocycles. The second kappa shape index (κ2) is 5.24. The maximum absolute atomic E-state index is 8.41. The van der Waals surface area contributed by atoms with E-state index in [2.05, 4.69) is 45.7 Å². The van der Waals surface area contributed by atoms with Gasteiger partial charge < -0.3 is 4.90 Å². The highest BCUT2D eigenvalue weighted by Gasteiger charge is 2.23. The van der Waals surface area contributed by atoms with Crippen LogP contribution in [0.5, 0.6) is 0 Å². The minimum absolute atomic E-state index is 0.321. The largest absolute Gasteiger partial charge is 0.303 e. The van der Waals surface area contributed by atoms with Crippen LogP contribution in [0, 0.1) is 16.7 Å². The molecular formula is C11H22N2. The molecule has 0 N–H and O–H groups in total. The fourth-order valence-electron chi connectivity index (χ4n) is 1.26. The van der Waals surface area contributed by atoms with Gasteiger partial charge in [-0.15, -0.1) is 0 Å². The Morgan fingerprint density at radius 2 is 1.92 bits per heavy atom. The lowest BCUT2D eigenvalue weighted by Gasteiger charge is -2.35. The quantitative estimate of drug-likeness (QED) is 0.625. The predicted molar refractivity (Wildman–Crippen MR) is 56.4 cm³/mol. The van der Waals surface area contributed by atoms with Crippen molar-refractivity contribution in [3.8, 4) is 6.07 Å². The van der Waals surface area contributed by atoms with E-state index in [-0.39, 0.29) is 0 Å². The number of unbranched alkanes of at least 4 members (excludes halogenated alkanes) is 1. The van der Waals surface area contributed by atoms with Crippen LogP contribution in [0.15, 0.2) is 0 Å². The molecule has 0 aromatic rings. The van der Waals surface area contributed by atoms with Crippen molar-refractivity contribution < 1.29 is 0 Å². The van der Waals surface area contributed by atoms with Gasteiger partial charge in [0, 0.05) is 12.5 Å². The SMILES string of the molecule is CC(N(C)CCCC#N)C(C)(C)C. The summed E-state index contributed by atoms with van der Waals surface area (Å²) < 4.78 is 0. The van der Waals surface area contributed by atoms with Crippen LogP contribution in [0.1, 0.15) is 40.5 Å². The third-order valence-corrected chi connectivity index (χ3v) is 2.71. The summed E-state index contributed by atoms with van der Waals surface area (Å²) in [6, 6.07) is 2.74. The van der Waals surface area contributed by atoms with Crippen LogP contribution < -0.4 is 0 Å². The van der Waals surface area contributed by atoms with E-state index in [1.54, 1.807) is 0 Å². The lowest BCUT2D eigenvalue weighted by Crippen LogP contribution is -2.39. The highest BCUT2D eigenvalue weighted by Crippen LogP contribution is 2.22. The summed E-state index contributed by atoms with van der Waals surface area (Å²) in [6.07, 6.45) is 1.65. The molecule has 0 aromatic heterocycles. The van der Waals surface area contributed by atoms with E-state index in [4.69, 9.17) is 5.26 Å². The minimum Gasteiger partial charge on any atom is -0.303 e. The van der Waals surface area contributed by atoms with Gasteiger partial charge in [0.15, 0.2) is 0 Å². The molecule has 0 rings (SSSR count). The maximum Gasteiger partial charge on any atom is 0.0622 e. The van der Waals surface area contributed by atoms with Crippen molar-refractivity contribution >= 4 is 0 Å². The van der Waals surface area contributed by atoms with Crippen LogP contribution in [0.2, 0.25) is 0 Å². The normalized spacial score (nSPS) is 14.2. The highest BCUT2D eigenvalue weighted by atomic mass is 15.1. The zero-order valence-corrected chi connectivity index (χ0v) is 9.59. The first-order chi connectivity index (χ1) is 5.89. The molecule has 0 amide bonds. The van der Waals surface area contributed by atoms with Crippen molar-refractivity contribution in [2.45, 2.75) is 46.6 Å². The van der Waals surface area contributed by atoms with Gasteiger partial charge in [0.1, 0.15) is 0 Å². The number of nitriles is 1. The molecule has 0 bridgehead atoms. The second-order valence-electron chi connectivity index (χ2n) is 4.78. The first-order valence-corrected chi connectivity index (χ1v) is 4.96. The monoisotopic (exact) mass is 182 g/mol. The topological polar surface area (TPSA) is 27.0 Å². The Morgan fingerprint density at radius 3 is 2.31 bits per heavy atom. The van der Waals surface area contributed by atoms with Crippen LogP contribution in [0.25, 0.3) is 0 Å². The molecule has 13 heavy (non-hydrogen) atoms. The fourth-order valence-corrected chi connectivity index (χ4v) is 1.26. The average Bonchev–Trinajstić information content (AvgIpc) is 2.01. The van der Waals surface area contributed by atoms with E-state index < -0.39 is 0 Å². The predicted octanol–water partition coefficient (Wildman–Crippen LogP) is 2.66. The number of nitrogens with zero attached hydrogens (tertiary/aromatic N) is 2. The van der Waals surface area contributed by atoms with Crippen molar-refractivity contribution in [1.29, 1.82) is 5.26 Å². The molecule has 0 aliphatic heterocycles. The third-order valence-electron chi connectivity index (χ3n) is 2.71. The molecule has 2 heteroatoms. The summed E-state index contributed by atoms with van der Waals surface area (Å²) in [7, 11) is 2.13. The molecule has 76 valence electrons. The molecule has 0 fully saturated rings. The molecule has 0 saturated carbocycles. The van der Waals surface area contributed by atoms with Crippen LogP contribution in [-0.4, -0.2) is 24.5 Å². The molecule has 0 aliphatic rings. The van der Waals surface area contributed by atoms with E-state index in [9.17, 15) is 0 Å². The van der Waals surface area contributed by atoms with E-state index in [0.29, 0.717) is 17.9 Å². The first-order valence-electron chi connectivity index (χ1n) is 4.96. The smallest absolute Gasteiger partial charge is 0.0622 e. The Bertz CT molecular complexity index is 174. The summed E-state index contributed by atoms with van der Waals surface area (Å²) in [5.74, 6) is 0. The van der Waals surface area contributed by atoms with Gasteiger partial charge in [-0.05, 0) is 32.4 Å². The molecule has 0 heterocycles. The van der Waals surface area contributed by atoms with Crippen LogP contribution >= 0.6 is 0 Å². The summed E-state index contributed by atoms with van der Waals surface area (Å²) in [5.41, 5.74) is 0.321. The van der Waals surface area contributed by atoms with Gasteiger partial charge in [-0.2, -0.15) is 5.26 Å². The van der Waals surface area contributed by atoms with Crippen molar-refractivity contribution in [2.75, 3.05) is 13.6 Å².